The Balaban J connectivity index is 1.54. The van der Waals surface area contributed by atoms with E-state index in [1.165, 1.54) is 0 Å². The molecule has 0 aliphatic heterocycles. The third-order valence-electron chi connectivity index (χ3n) is 3.62. The van der Waals surface area contributed by atoms with Crippen molar-refractivity contribution in [2.24, 2.45) is 5.92 Å². The van der Waals surface area contributed by atoms with Crippen molar-refractivity contribution < 1.29 is 14.3 Å². The lowest BCUT2D eigenvalue weighted by Crippen LogP contribution is -2.05. The SMILES string of the molecule is C=C1CC1CC(=O)OCc1cccc(Oc2ccccc2)c1. The molecule has 1 aliphatic carbocycles. The first kappa shape index (κ1) is 14.4. The molecule has 0 heterocycles. The molecule has 0 saturated heterocycles. The van der Waals surface area contributed by atoms with Crippen molar-refractivity contribution in [3.8, 4) is 11.5 Å². The quantitative estimate of drug-likeness (QED) is 0.581. The molecule has 1 saturated carbocycles. The Morgan fingerprint density at radius 2 is 1.82 bits per heavy atom. The molecule has 1 fully saturated rings. The average molecular weight is 294 g/mol. The van der Waals surface area contributed by atoms with Gasteiger partial charge in [0.15, 0.2) is 0 Å². The number of allylic oxidation sites excluding steroid dienone is 1. The van der Waals surface area contributed by atoms with E-state index in [-0.39, 0.29) is 12.6 Å². The van der Waals surface area contributed by atoms with Crippen LogP contribution in [0.3, 0.4) is 0 Å². The minimum atomic E-state index is -0.168. The normalized spacial score (nSPS) is 16.2. The molecule has 0 amide bonds. The Morgan fingerprint density at radius 1 is 1.09 bits per heavy atom. The van der Waals surface area contributed by atoms with E-state index in [9.17, 15) is 4.79 Å². The first-order valence-corrected chi connectivity index (χ1v) is 7.36. The van der Waals surface area contributed by atoms with E-state index < -0.39 is 0 Å². The molecule has 0 aromatic heterocycles. The topological polar surface area (TPSA) is 35.5 Å². The number of hydrogen-bond acceptors (Lipinski definition) is 3. The van der Waals surface area contributed by atoms with Gasteiger partial charge in [-0.25, -0.2) is 0 Å². The van der Waals surface area contributed by atoms with Gasteiger partial charge in [0.25, 0.3) is 0 Å². The van der Waals surface area contributed by atoms with Gasteiger partial charge in [0.2, 0.25) is 0 Å². The van der Waals surface area contributed by atoms with Gasteiger partial charge >= 0.3 is 5.97 Å². The van der Waals surface area contributed by atoms with Gasteiger partial charge in [-0.1, -0.05) is 42.5 Å². The van der Waals surface area contributed by atoms with Crippen molar-refractivity contribution in [3.63, 3.8) is 0 Å². The number of ether oxygens (including phenoxy) is 2. The van der Waals surface area contributed by atoms with Crippen molar-refractivity contribution in [2.45, 2.75) is 19.4 Å². The van der Waals surface area contributed by atoms with Crippen LogP contribution < -0.4 is 4.74 Å². The van der Waals surface area contributed by atoms with Crippen molar-refractivity contribution in [3.05, 3.63) is 72.3 Å². The standard InChI is InChI=1S/C19H18O3/c1-14-10-16(14)12-19(20)21-13-15-6-5-9-18(11-15)22-17-7-3-2-4-8-17/h2-9,11,16H,1,10,12-13H2. The third-order valence-corrected chi connectivity index (χ3v) is 3.62. The van der Waals surface area contributed by atoms with E-state index in [1.54, 1.807) is 0 Å². The van der Waals surface area contributed by atoms with Crippen LogP contribution in [0.4, 0.5) is 0 Å². The Bertz CT molecular complexity index is 676. The molecule has 0 N–H and O–H groups in total. The third kappa shape index (κ3) is 3.98. The highest BCUT2D eigenvalue weighted by atomic mass is 16.5. The van der Waals surface area contributed by atoms with Gasteiger partial charge in [0.05, 0.1) is 6.42 Å². The molecular formula is C19H18O3. The van der Waals surface area contributed by atoms with E-state index in [4.69, 9.17) is 9.47 Å². The smallest absolute Gasteiger partial charge is 0.306 e. The van der Waals surface area contributed by atoms with Gasteiger partial charge in [-0.2, -0.15) is 0 Å². The summed E-state index contributed by atoms with van der Waals surface area (Å²) in [6, 6.07) is 17.2. The molecule has 3 nitrogen and oxygen atoms in total. The van der Waals surface area contributed by atoms with Crippen LogP contribution >= 0.6 is 0 Å². The van der Waals surface area contributed by atoms with Gasteiger partial charge < -0.3 is 9.47 Å². The number of carbonyl (C=O) groups is 1. The maximum Gasteiger partial charge on any atom is 0.306 e. The van der Waals surface area contributed by atoms with Crippen LogP contribution in [0.2, 0.25) is 0 Å². The van der Waals surface area contributed by atoms with Crippen molar-refractivity contribution >= 4 is 5.97 Å². The fraction of sp³-hybridized carbons (Fsp3) is 0.211. The second-order valence-electron chi connectivity index (χ2n) is 5.49. The summed E-state index contributed by atoms with van der Waals surface area (Å²) in [6.45, 7) is 4.11. The Kier molecular flexibility index (Phi) is 4.24. The van der Waals surface area contributed by atoms with Gasteiger partial charge in [-0.05, 0) is 42.2 Å². The Hall–Kier alpha value is -2.55. The highest BCUT2D eigenvalue weighted by molar-refractivity contribution is 5.71. The fourth-order valence-electron chi connectivity index (χ4n) is 2.22. The van der Waals surface area contributed by atoms with Crippen LogP contribution in [-0.4, -0.2) is 5.97 Å². The second-order valence-corrected chi connectivity index (χ2v) is 5.49. The van der Waals surface area contributed by atoms with Crippen LogP contribution in [0, 0.1) is 5.92 Å². The number of para-hydroxylation sites is 1. The molecule has 0 radical (unpaired) electrons. The molecule has 0 bridgehead atoms. The molecule has 22 heavy (non-hydrogen) atoms. The molecule has 1 aliphatic rings. The lowest BCUT2D eigenvalue weighted by atomic mass is 10.2. The van der Waals surface area contributed by atoms with Crippen molar-refractivity contribution in [1.29, 1.82) is 0 Å². The van der Waals surface area contributed by atoms with Gasteiger partial charge in [-0.15, -0.1) is 0 Å². The van der Waals surface area contributed by atoms with Crippen LogP contribution in [0.25, 0.3) is 0 Å². The number of benzene rings is 2. The van der Waals surface area contributed by atoms with E-state index >= 15 is 0 Å². The second kappa shape index (κ2) is 6.48. The predicted molar refractivity (Wildman–Crippen MR) is 84.6 cm³/mol. The van der Waals surface area contributed by atoms with Crippen LogP contribution in [0.1, 0.15) is 18.4 Å². The monoisotopic (exact) mass is 294 g/mol. The maximum absolute atomic E-state index is 11.7. The zero-order chi connectivity index (χ0) is 15.4. The summed E-state index contributed by atoms with van der Waals surface area (Å²) in [6.07, 6.45) is 1.40. The molecule has 1 unspecified atom stereocenters. The summed E-state index contributed by atoms with van der Waals surface area (Å²) in [7, 11) is 0. The van der Waals surface area contributed by atoms with Crippen molar-refractivity contribution in [2.75, 3.05) is 0 Å². The summed E-state index contributed by atoms with van der Waals surface area (Å²) in [5, 5.41) is 0. The summed E-state index contributed by atoms with van der Waals surface area (Å²) in [5.41, 5.74) is 2.06. The molecule has 0 spiro atoms. The van der Waals surface area contributed by atoms with Gasteiger partial charge in [0.1, 0.15) is 18.1 Å². The van der Waals surface area contributed by atoms with Crippen LogP contribution in [0.5, 0.6) is 11.5 Å². The van der Waals surface area contributed by atoms with Crippen molar-refractivity contribution in [1.82, 2.24) is 0 Å². The number of esters is 1. The molecular weight excluding hydrogens is 276 g/mol. The molecule has 1 atom stereocenters. The summed E-state index contributed by atoms with van der Waals surface area (Å²) in [5.74, 6) is 1.68. The van der Waals surface area contributed by atoms with E-state index in [0.717, 1.165) is 29.1 Å². The largest absolute Gasteiger partial charge is 0.461 e. The van der Waals surface area contributed by atoms with Crippen LogP contribution in [0.15, 0.2) is 66.7 Å². The van der Waals surface area contributed by atoms with Gasteiger partial charge in [-0.3, -0.25) is 4.79 Å². The van der Waals surface area contributed by atoms with Gasteiger partial charge in [0, 0.05) is 0 Å². The lowest BCUT2D eigenvalue weighted by molar-refractivity contribution is -0.145. The first-order valence-electron chi connectivity index (χ1n) is 7.36. The molecule has 3 heteroatoms. The number of rotatable bonds is 6. The predicted octanol–water partition coefficient (Wildman–Crippen LogP) is 4.49. The zero-order valence-corrected chi connectivity index (χ0v) is 12.3. The summed E-state index contributed by atoms with van der Waals surface area (Å²) in [4.78, 5) is 11.7. The zero-order valence-electron chi connectivity index (χ0n) is 12.3. The number of carbonyl (C=O) groups excluding carboxylic acids is 1. The highest BCUT2D eigenvalue weighted by Gasteiger charge is 2.30. The van der Waals surface area contributed by atoms with Crippen LogP contribution in [-0.2, 0) is 16.1 Å². The summed E-state index contributed by atoms with van der Waals surface area (Å²) >= 11 is 0. The molecule has 2 aromatic carbocycles. The van der Waals surface area contributed by atoms with E-state index in [1.807, 2.05) is 54.6 Å². The maximum atomic E-state index is 11.7. The average Bonchev–Trinajstić information content (AvgIpc) is 3.21. The minimum Gasteiger partial charge on any atom is -0.461 e. The first-order chi connectivity index (χ1) is 10.7. The molecule has 112 valence electrons. The van der Waals surface area contributed by atoms with E-state index in [2.05, 4.69) is 6.58 Å². The Labute approximate surface area is 130 Å². The lowest BCUT2D eigenvalue weighted by Gasteiger charge is -2.08. The summed E-state index contributed by atoms with van der Waals surface area (Å²) < 4.78 is 11.1. The van der Waals surface area contributed by atoms with E-state index in [0.29, 0.717) is 12.3 Å². The number of hydrogen-bond donors (Lipinski definition) is 0. The Morgan fingerprint density at radius 3 is 2.55 bits per heavy atom. The highest BCUT2D eigenvalue weighted by Crippen LogP contribution is 2.38. The molecule has 3 rings (SSSR count). The molecule has 2 aromatic rings. The minimum absolute atomic E-state index is 0.168. The fourth-order valence-corrected chi connectivity index (χ4v) is 2.22.